The molecule has 0 saturated heterocycles. The number of thioether (sulfide) groups is 1. The number of anilines is 2. The van der Waals surface area contributed by atoms with Crippen LogP contribution in [0.15, 0.2) is 105 Å². The summed E-state index contributed by atoms with van der Waals surface area (Å²) < 4.78 is 6.81. The van der Waals surface area contributed by atoms with Gasteiger partial charge in [-0.3, -0.25) is 9.59 Å². The molecule has 7 nitrogen and oxygen atoms in total. The van der Waals surface area contributed by atoms with Crippen LogP contribution < -0.4 is 20.7 Å². The maximum absolute atomic E-state index is 13.6. The third-order valence-electron chi connectivity index (χ3n) is 5.93. The topological polar surface area (TPSA) is 103 Å². The Bertz CT molecular complexity index is 1460. The van der Waals surface area contributed by atoms with Gasteiger partial charge in [-0.2, -0.15) is 5.26 Å². The lowest BCUT2D eigenvalue weighted by Crippen LogP contribution is -2.31. The van der Waals surface area contributed by atoms with Gasteiger partial charge >= 0.3 is 0 Å². The molecule has 4 rings (SSSR count). The zero-order valence-corrected chi connectivity index (χ0v) is 23.9. The third-order valence-corrected chi connectivity index (χ3v) is 7.48. The Kier molecular flexibility index (Phi) is 9.47. The van der Waals surface area contributed by atoms with E-state index in [1.807, 2.05) is 61.5 Å². The average molecular weight is 604 g/mol. The first-order valence-corrected chi connectivity index (χ1v) is 14.1. The zero-order chi connectivity index (χ0) is 27.8. The van der Waals surface area contributed by atoms with Crippen LogP contribution in [0.2, 0.25) is 0 Å². The molecule has 0 aliphatic carbocycles. The van der Waals surface area contributed by atoms with Crippen molar-refractivity contribution in [2.24, 2.45) is 0 Å². The second-order valence-corrected chi connectivity index (χ2v) is 10.5. The molecule has 3 N–H and O–H groups in total. The number of para-hydroxylation sites is 2. The number of ether oxygens (including phenoxy) is 1. The largest absolute Gasteiger partial charge is 0.494 e. The van der Waals surface area contributed by atoms with Gasteiger partial charge in [-0.25, -0.2) is 0 Å². The van der Waals surface area contributed by atoms with Crippen LogP contribution in [0.5, 0.6) is 5.75 Å². The first-order valence-electron chi connectivity index (χ1n) is 12.3. The fourth-order valence-corrected chi connectivity index (χ4v) is 5.39. The van der Waals surface area contributed by atoms with E-state index >= 15 is 0 Å². The number of nitriles is 1. The van der Waals surface area contributed by atoms with Gasteiger partial charge in [0.05, 0.1) is 34.9 Å². The number of carbonyl (C=O) groups is 2. The summed E-state index contributed by atoms with van der Waals surface area (Å²) in [6.07, 6.45) is 0. The zero-order valence-electron chi connectivity index (χ0n) is 21.5. The Hall–Kier alpha value is -4.00. The smallest absolute Gasteiger partial charge is 0.254 e. The molecule has 2 amide bonds. The lowest BCUT2D eigenvalue weighted by Gasteiger charge is -2.30. The molecule has 198 valence electrons. The second kappa shape index (κ2) is 13.2. The molecule has 39 heavy (non-hydrogen) atoms. The molecular formula is C30H27BrN4O3S. The van der Waals surface area contributed by atoms with E-state index < -0.39 is 5.92 Å². The van der Waals surface area contributed by atoms with E-state index in [2.05, 4.69) is 37.9 Å². The monoisotopic (exact) mass is 602 g/mol. The number of carbonyl (C=O) groups excluding carboxylic acids is 2. The van der Waals surface area contributed by atoms with Crippen molar-refractivity contribution in [2.45, 2.75) is 19.8 Å². The lowest BCUT2D eigenvalue weighted by molar-refractivity contribution is -0.114. The molecule has 0 aromatic heterocycles. The number of hydrogen-bond donors (Lipinski definition) is 3. The number of nitrogens with one attached hydrogen (secondary N) is 3. The minimum atomic E-state index is -0.695. The molecule has 9 heteroatoms. The summed E-state index contributed by atoms with van der Waals surface area (Å²) in [6.45, 7) is 4.11. The fraction of sp³-hybridized carbons (Fsp3) is 0.167. The van der Waals surface area contributed by atoms with Crippen molar-refractivity contribution in [3.05, 3.63) is 111 Å². The first kappa shape index (κ1) is 28.0. The third kappa shape index (κ3) is 6.91. The molecule has 3 aromatic carbocycles. The summed E-state index contributed by atoms with van der Waals surface area (Å²) in [5.74, 6) is -0.571. The number of nitrogens with zero attached hydrogens (tertiary/aromatic N) is 1. The molecule has 1 aliphatic rings. The highest BCUT2D eigenvalue weighted by Gasteiger charge is 2.36. The minimum Gasteiger partial charge on any atom is -0.494 e. The second-order valence-electron chi connectivity index (χ2n) is 8.59. The van der Waals surface area contributed by atoms with E-state index in [1.54, 1.807) is 31.2 Å². The van der Waals surface area contributed by atoms with Gasteiger partial charge in [-0.15, -0.1) is 0 Å². The van der Waals surface area contributed by atoms with E-state index in [4.69, 9.17) is 4.74 Å². The summed E-state index contributed by atoms with van der Waals surface area (Å²) in [5.41, 5.74) is 3.36. The summed E-state index contributed by atoms with van der Waals surface area (Å²) in [4.78, 5) is 26.3. The van der Waals surface area contributed by atoms with Gasteiger partial charge in [0.1, 0.15) is 5.75 Å². The Morgan fingerprint density at radius 1 is 1.00 bits per heavy atom. The summed E-state index contributed by atoms with van der Waals surface area (Å²) in [6, 6.07) is 26.2. The Labute approximate surface area is 240 Å². The normalized spacial score (nSPS) is 14.8. The predicted molar refractivity (Wildman–Crippen MR) is 159 cm³/mol. The minimum absolute atomic E-state index is 0.0717. The molecular weight excluding hydrogens is 576 g/mol. The van der Waals surface area contributed by atoms with E-state index in [0.29, 0.717) is 51.2 Å². The van der Waals surface area contributed by atoms with Crippen LogP contribution in [0.3, 0.4) is 0 Å². The predicted octanol–water partition coefficient (Wildman–Crippen LogP) is 6.55. The number of benzene rings is 3. The highest BCUT2D eigenvalue weighted by molar-refractivity contribution is 9.10. The van der Waals surface area contributed by atoms with Gasteiger partial charge < -0.3 is 20.7 Å². The molecule has 0 fully saturated rings. The Morgan fingerprint density at radius 2 is 1.67 bits per heavy atom. The van der Waals surface area contributed by atoms with Crippen molar-refractivity contribution in [3.63, 3.8) is 0 Å². The van der Waals surface area contributed by atoms with Crippen LogP contribution in [-0.4, -0.2) is 24.2 Å². The highest BCUT2D eigenvalue weighted by Crippen LogP contribution is 2.44. The molecule has 0 radical (unpaired) electrons. The standard InChI is InChI=1S/C30H27BrN4O3S/c1-3-38-25-12-8-7-11-23(25)28-24(17-32)30(39-18-26(36)34-22-15-13-20(31)14-16-22)33-19(2)27(28)29(37)35-21-9-5-4-6-10-21/h4-16,28,33H,3,18H2,1-2H3,(H,34,36)(H,35,37)/t28-/m0/s1. The van der Waals surface area contributed by atoms with Crippen molar-refractivity contribution >= 4 is 50.9 Å². The van der Waals surface area contributed by atoms with Crippen LogP contribution >= 0.6 is 27.7 Å². The number of allylic oxidation sites excluding steroid dienone is 2. The highest BCUT2D eigenvalue weighted by atomic mass is 79.9. The number of hydrogen-bond acceptors (Lipinski definition) is 6. The van der Waals surface area contributed by atoms with Gasteiger partial charge in [0.15, 0.2) is 0 Å². The van der Waals surface area contributed by atoms with Gasteiger partial charge in [0, 0.05) is 32.7 Å². The van der Waals surface area contributed by atoms with E-state index in [1.165, 1.54) is 11.8 Å². The van der Waals surface area contributed by atoms with Gasteiger partial charge in [0.25, 0.3) is 5.91 Å². The van der Waals surface area contributed by atoms with E-state index in [-0.39, 0.29) is 17.6 Å². The maximum atomic E-state index is 13.6. The van der Waals surface area contributed by atoms with Crippen LogP contribution in [0, 0.1) is 11.3 Å². The SMILES string of the molecule is CCOc1ccccc1[C@H]1C(C#N)=C(SCC(=O)Nc2ccc(Br)cc2)NC(C)=C1C(=O)Nc1ccccc1. The van der Waals surface area contributed by atoms with Gasteiger partial charge in [-0.1, -0.05) is 64.1 Å². The van der Waals surface area contributed by atoms with Crippen molar-refractivity contribution in [1.29, 1.82) is 5.26 Å². The summed E-state index contributed by atoms with van der Waals surface area (Å²) in [5, 5.41) is 19.9. The van der Waals surface area contributed by atoms with Crippen LogP contribution in [-0.2, 0) is 9.59 Å². The van der Waals surface area contributed by atoms with Crippen LogP contribution in [0.1, 0.15) is 25.3 Å². The average Bonchev–Trinajstić information content (AvgIpc) is 2.93. The fourth-order valence-electron chi connectivity index (χ4n) is 4.23. The molecule has 1 heterocycles. The molecule has 1 aliphatic heterocycles. The summed E-state index contributed by atoms with van der Waals surface area (Å²) in [7, 11) is 0. The molecule has 1 atom stereocenters. The van der Waals surface area contributed by atoms with Crippen molar-refractivity contribution in [3.8, 4) is 11.8 Å². The maximum Gasteiger partial charge on any atom is 0.254 e. The first-order chi connectivity index (χ1) is 18.9. The molecule has 0 spiro atoms. The van der Waals surface area contributed by atoms with Crippen molar-refractivity contribution in [1.82, 2.24) is 5.32 Å². The Morgan fingerprint density at radius 3 is 2.36 bits per heavy atom. The number of rotatable bonds is 9. The van der Waals surface area contributed by atoms with Crippen LogP contribution in [0.4, 0.5) is 11.4 Å². The van der Waals surface area contributed by atoms with Crippen molar-refractivity contribution < 1.29 is 14.3 Å². The van der Waals surface area contributed by atoms with Crippen molar-refractivity contribution in [2.75, 3.05) is 23.0 Å². The molecule has 3 aromatic rings. The molecule has 0 saturated carbocycles. The lowest BCUT2D eigenvalue weighted by atomic mass is 9.81. The Balaban J connectivity index is 1.67. The van der Waals surface area contributed by atoms with Gasteiger partial charge in [-0.05, 0) is 56.3 Å². The number of halogens is 1. The summed E-state index contributed by atoms with van der Waals surface area (Å²) >= 11 is 4.60. The number of dihydropyridines is 1. The number of amides is 2. The molecule has 0 unspecified atom stereocenters. The van der Waals surface area contributed by atoms with E-state index in [9.17, 15) is 14.9 Å². The molecule has 0 bridgehead atoms. The van der Waals surface area contributed by atoms with Gasteiger partial charge in [0.2, 0.25) is 5.91 Å². The van der Waals surface area contributed by atoms with E-state index in [0.717, 1.165) is 4.47 Å². The van der Waals surface area contributed by atoms with Crippen LogP contribution in [0.25, 0.3) is 0 Å². The quantitative estimate of drug-likeness (QED) is 0.256.